The topological polar surface area (TPSA) is 81.7 Å². The first-order valence-corrected chi connectivity index (χ1v) is 10.3. The molecule has 3 unspecified atom stereocenters. The van der Waals surface area contributed by atoms with E-state index in [1.54, 1.807) is 0 Å². The van der Waals surface area contributed by atoms with E-state index < -0.39 is 28.3 Å². The maximum absolute atomic E-state index is 12.7. The molecule has 148 valence electrons. The van der Waals surface area contributed by atoms with Gasteiger partial charge in [-0.25, -0.2) is 8.93 Å². The lowest BCUT2D eigenvalue weighted by molar-refractivity contribution is -0.165. The van der Waals surface area contributed by atoms with E-state index in [0.717, 1.165) is 30.4 Å². The lowest BCUT2D eigenvalue weighted by Crippen LogP contribution is -2.43. The minimum Gasteiger partial charge on any atom is -0.468 e. The van der Waals surface area contributed by atoms with Crippen LogP contribution in [-0.4, -0.2) is 41.2 Å². The monoisotopic (exact) mass is 385 g/mol. The molecule has 0 aromatic heterocycles. The zero-order valence-electron chi connectivity index (χ0n) is 16.6. The summed E-state index contributed by atoms with van der Waals surface area (Å²) < 4.78 is 25.4. The first-order valence-electron chi connectivity index (χ1n) is 9.15. The SMILES string of the molecule is COC(=O)C1(C(=O)OC)CC(C)C/C1=C1\CCCC1NS(=O)C(C)(C)C. The Bertz CT molecular complexity index is 618. The summed E-state index contributed by atoms with van der Waals surface area (Å²) in [6, 6.07) is -0.0935. The van der Waals surface area contributed by atoms with E-state index in [2.05, 4.69) is 4.72 Å². The van der Waals surface area contributed by atoms with Gasteiger partial charge in [0.15, 0.2) is 5.41 Å². The summed E-state index contributed by atoms with van der Waals surface area (Å²) >= 11 is 0. The lowest BCUT2D eigenvalue weighted by Gasteiger charge is -2.29. The lowest BCUT2D eigenvalue weighted by atomic mass is 9.78. The second-order valence-corrected chi connectivity index (χ2v) is 10.3. The third-order valence-corrected chi connectivity index (χ3v) is 6.95. The van der Waals surface area contributed by atoms with Crippen molar-refractivity contribution in [2.45, 2.75) is 70.6 Å². The van der Waals surface area contributed by atoms with Crippen LogP contribution in [0.2, 0.25) is 0 Å². The summed E-state index contributed by atoms with van der Waals surface area (Å²) in [7, 11) is 1.38. The predicted molar refractivity (Wildman–Crippen MR) is 101 cm³/mol. The number of rotatable bonds is 4. The van der Waals surface area contributed by atoms with Crippen LogP contribution in [0.5, 0.6) is 0 Å². The number of methoxy groups -OCH3 is 2. The van der Waals surface area contributed by atoms with Crippen LogP contribution in [0, 0.1) is 11.3 Å². The highest BCUT2D eigenvalue weighted by molar-refractivity contribution is 7.84. The van der Waals surface area contributed by atoms with Gasteiger partial charge >= 0.3 is 11.9 Å². The van der Waals surface area contributed by atoms with Crippen LogP contribution in [0.15, 0.2) is 11.1 Å². The molecule has 0 radical (unpaired) electrons. The molecule has 2 fully saturated rings. The highest BCUT2D eigenvalue weighted by Crippen LogP contribution is 2.51. The minimum atomic E-state index is -1.37. The van der Waals surface area contributed by atoms with E-state index in [-0.39, 0.29) is 16.7 Å². The molecule has 1 N–H and O–H groups in total. The molecule has 0 aliphatic heterocycles. The number of carbonyl (C=O) groups is 2. The zero-order chi connectivity index (χ0) is 19.7. The average molecular weight is 386 g/mol. The quantitative estimate of drug-likeness (QED) is 0.457. The fraction of sp³-hybridized carbons (Fsp3) is 0.789. The molecule has 3 atom stereocenters. The molecule has 0 aromatic carbocycles. The van der Waals surface area contributed by atoms with Gasteiger partial charge in [-0.05, 0) is 64.4 Å². The van der Waals surface area contributed by atoms with Gasteiger partial charge in [0.25, 0.3) is 0 Å². The molecule has 2 aliphatic carbocycles. The summed E-state index contributed by atoms with van der Waals surface area (Å²) in [4.78, 5) is 25.4. The van der Waals surface area contributed by atoms with Crippen LogP contribution in [-0.2, 0) is 30.0 Å². The Morgan fingerprint density at radius 3 is 2.27 bits per heavy atom. The van der Waals surface area contributed by atoms with Gasteiger partial charge in [-0.1, -0.05) is 12.5 Å². The highest BCUT2D eigenvalue weighted by Gasteiger charge is 2.57. The molecule has 26 heavy (non-hydrogen) atoms. The Kier molecular flexibility index (Phi) is 6.33. The molecule has 6 nitrogen and oxygen atoms in total. The molecule has 2 saturated carbocycles. The molecule has 2 aliphatic rings. The maximum atomic E-state index is 12.7. The van der Waals surface area contributed by atoms with Crippen LogP contribution in [0.3, 0.4) is 0 Å². The number of hydrogen-bond donors (Lipinski definition) is 1. The van der Waals surface area contributed by atoms with Crippen LogP contribution >= 0.6 is 0 Å². The van der Waals surface area contributed by atoms with Gasteiger partial charge in [-0.15, -0.1) is 0 Å². The second-order valence-electron chi connectivity index (χ2n) is 8.35. The summed E-state index contributed by atoms with van der Waals surface area (Å²) in [5.41, 5.74) is 0.471. The Labute approximate surface area is 158 Å². The van der Waals surface area contributed by atoms with Crippen molar-refractivity contribution in [3.8, 4) is 0 Å². The summed E-state index contributed by atoms with van der Waals surface area (Å²) in [5, 5.41) is 0. The van der Waals surface area contributed by atoms with Crippen molar-refractivity contribution in [2.24, 2.45) is 11.3 Å². The average Bonchev–Trinajstić information content (AvgIpc) is 3.16. The van der Waals surface area contributed by atoms with Crippen LogP contribution in [0.1, 0.15) is 59.8 Å². The largest absolute Gasteiger partial charge is 0.468 e. The summed E-state index contributed by atoms with van der Waals surface area (Å²) in [6.45, 7) is 7.78. The molecule has 0 spiro atoms. The van der Waals surface area contributed by atoms with Gasteiger partial charge in [0.05, 0.1) is 30.0 Å². The van der Waals surface area contributed by atoms with E-state index in [1.165, 1.54) is 14.2 Å². The molecule has 0 aromatic rings. The molecular formula is C19H31NO5S. The van der Waals surface area contributed by atoms with Crippen molar-refractivity contribution in [3.63, 3.8) is 0 Å². The normalized spacial score (nSPS) is 29.5. The number of carbonyl (C=O) groups excluding carboxylic acids is 2. The third kappa shape index (κ3) is 3.74. The summed E-state index contributed by atoms with van der Waals surface area (Å²) in [5.74, 6) is -0.942. The van der Waals surface area contributed by atoms with Gasteiger partial charge in [0.2, 0.25) is 0 Å². The van der Waals surface area contributed by atoms with Crippen LogP contribution in [0.25, 0.3) is 0 Å². The minimum absolute atomic E-state index is 0.0935. The number of esters is 2. The third-order valence-electron chi connectivity index (χ3n) is 5.34. The van der Waals surface area contributed by atoms with Gasteiger partial charge in [-0.3, -0.25) is 9.59 Å². The first-order chi connectivity index (χ1) is 12.1. The summed E-state index contributed by atoms with van der Waals surface area (Å²) in [6.07, 6.45) is 3.61. The Morgan fingerprint density at radius 1 is 1.19 bits per heavy atom. The van der Waals surface area contributed by atoms with Crippen LogP contribution < -0.4 is 4.72 Å². The predicted octanol–water partition coefficient (Wildman–Crippen LogP) is 2.65. The van der Waals surface area contributed by atoms with Crippen LogP contribution in [0.4, 0.5) is 0 Å². The van der Waals surface area contributed by atoms with Crippen molar-refractivity contribution >= 4 is 22.9 Å². The number of hydrogen-bond acceptors (Lipinski definition) is 5. The molecule has 7 heteroatoms. The van der Waals surface area contributed by atoms with E-state index in [1.807, 2.05) is 27.7 Å². The smallest absolute Gasteiger partial charge is 0.327 e. The molecular weight excluding hydrogens is 354 g/mol. The number of nitrogens with one attached hydrogen (secondary N) is 1. The fourth-order valence-corrected chi connectivity index (χ4v) is 5.01. The standard InChI is InChI=1S/C19H31NO5S/c1-12-10-14(19(11-12,16(21)24-5)17(22)25-6)13-8-7-9-15(13)20-26(23)18(2,3)4/h12,15,20H,7-11H2,1-6H3/b14-13-. The molecule has 0 amide bonds. The van der Waals surface area contributed by atoms with Gasteiger partial charge in [0.1, 0.15) is 0 Å². The first kappa shape index (κ1) is 21.1. The zero-order valence-corrected chi connectivity index (χ0v) is 17.5. The van der Waals surface area contributed by atoms with Gasteiger partial charge in [0, 0.05) is 6.04 Å². The van der Waals surface area contributed by atoms with Crippen molar-refractivity contribution in [3.05, 3.63) is 11.1 Å². The fourth-order valence-electron chi connectivity index (χ4n) is 4.13. The Hall–Kier alpha value is -1.21. The Morgan fingerprint density at radius 2 is 1.77 bits per heavy atom. The van der Waals surface area contributed by atoms with E-state index in [9.17, 15) is 13.8 Å². The van der Waals surface area contributed by atoms with Gasteiger partial charge in [-0.2, -0.15) is 0 Å². The molecule has 0 bridgehead atoms. The van der Waals surface area contributed by atoms with Gasteiger partial charge < -0.3 is 9.47 Å². The maximum Gasteiger partial charge on any atom is 0.327 e. The second kappa shape index (κ2) is 7.80. The van der Waals surface area contributed by atoms with Crippen molar-refractivity contribution in [1.29, 1.82) is 0 Å². The molecule has 2 rings (SSSR count). The van der Waals surface area contributed by atoms with Crippen molar-refractivity contribution in [1.82, 2.24) is 4.72 Å². The molecule has 0 heterocycles. The van der Waals surface area contributed by atoms with E-state index >= 15 is 0 Å². The van der Waals surface area contributed by atoms with Crippen molar-refractivity contribution < 1.29 is 23.3 Å². The van der Waals surface area contributed by atoms with E-state index in [4.69, 9.17) is 9.47 Å². The highest BCUT2D eigenvalue weighted by atomic mass is 32.2. The van der Waals surface area contributed by atoms with Crippen molar-refractivity contribution in [2.75, 3.05) is 14.2 Å². The number of ether oxygens (including phenoxy) is 2. The molecule has 0 saturated heterocycles. The Balaban J connectivity index is 2.50. The van der Waals surface area contributed by atoms with E-state index in [0.29, 0.717) is 12.8 Å².